The number of carboxylic acids is 1. The van der Waals surface area contributed by atoms with Crippen LogP contribution in [0.3, 0.4) is 0 Å². The van der Waals surface area contributed by atoms with Crippen LogP contribution in [0.25, 0.3) is 0 Å². The average molecular weight is 208 g/mol. The van der Waals surface area contributed by atoms with Crippen molar-refractivity contribution < 1.29 is 9.90 Å². The first kappa shape index (κ1) is 10.5. The maximum absolute atomic E-state index is 10.3. The van der Waals surface area contributed by atoms with Gasteiger partial charge in [0, 0.05) is 5.69 Å². The number of hydrogen-bond acceptors (Lipinski definition) is 4. The molecular weight excluding hydrogens is 200 g/mol. The molecule has 72 valence electrons. The summed E-state index contributed by atoms with van der Waals surface area (Å²) in [4.78, 5) is 14.4. The van der Waals surface area contributed by atoms with E-state index in [1.165, 1.54) is 0 Å². The Balaban J connectivity index is 2.82. The summed E-state index contributed by atoms with van der Waals surface area (Å²) in [7, 11) is 0. The number of rotatable bonds is 3. The molecule has 1 heterocycles. The first-order valence-corrected chi connectivity index (χ1v) is 4.84. The molecule has 1 rings (SSSR count). The van der Waals surface area contributed by atoms with Gasteiger partial charge in [-0.05, 0) is 19.1 Å². The second kappa shape index (κ2) is 4.63. The van der Waals surface area contributed by atoms with Crippen molar-refractivity contribution in [3.05, 3.63) is 23.4 Å². The highest BCUT2D eigenvalue weighted by Gasteiger charge is 2.03. The summed E-state index contributed by atoms with van der Waals surface area (Å²) < 4.78 is 0. The molecule has 0 saturated heterocycles. The van der Waals surface area contributed by atoms with Crippen molar-refractivity contribution in [1.82, 2.24) is 4.98 Å². The fraction of sp³-hybridized carbons (Fsp3) is 0.222. The van der Waals surface area contributed by atoms with E-state index in [2.05, 4.69) is 4.98 Å². The lowest BCUT2D eigenvalue weighted by molar-refractivity contribution is -0.133. The van der Waals surface area contributed by atoms with Crippen LogP contribution in [-0.4, -0.2) is 21.8 Å². The molecule has 0 saturated carbocycles. The lowest BCUT2D eigenvalue weighted by atomic mass is 10.2. The highest BCUT2D eigenvalue weighted by atomic mass is 32.2. The van der Waals surface area contributed by atoms with Gasteiger partial charge in [0.15, 0.2) is 0 Å². The van der Waals surface area contributed by atoms with Gasteiger partial charge >= 0.3 is 5.97 Å². The molecule has 1 N–H and O–H groups in total. The number of aliphatic carboxylic acids is 1. The number of aryl methyl sites for hydroxylation is 1. The Hall–Kier alpha value is -1.54. The first-order chi connectivity index (χ1) is 6.61. The number of hydrogen-bond donors (Lipinski definition) is 1. The second-order valence-corrected chi connectivity index (χ2v) is 3.63. The quantitative estimate of drug-likeness (QED) is 0.761. The Morgan fingerprint density at radius 3 is 3.00 bits per heavy atom. The summed E-state index contributed by atoms with van der Waals surface area (Å²) in [5, 5.41) is 17.7. The fourth-order valence-corrected chi connectivity index (χ4v) is 1.60. The fourth-order valence-electron chi connectivity index (χ4n) is 0.912. The molecule has 0 aliphatic rings. The molecule has 0 radical (unpaired) electrons. The third-order valence-corrected chi connectivity index (χ3v) is 2.30. The van der Waals surface area contributed by atoms with Crippen molar-refractivity contribution in [2.75, 3.05) is 5.75 Å². The van der Waals surface area contributed by atoms with Crippen molar-refractivity contribution in [3.63, 3.8) is 0 Å². The van der Waals surface area contributed by atoms with Gasteiger partial charge < -0.3 is 5.11 Å². The molecule has 0 aromatic carbocycles. The minimum Gasteiger partial charge on any atom is -0.481 e. The van der Waals surface area contributed by atoms with Crippen LogP contribution in [0, 0.1) is 18.3 Å². The van der Waals surface area contributed by atoms with Crippen LogP contribution in [-0.2, 0) is 4.79 Å². The second-order valence-electron chi connectivity index (χ2n) is 2.63. The van der Waals surface area contributed by atoms with Crippen LogP contribution in [0.4, 0.5) is 0 Å². The van der Waals surface area contributed by atoms with Gasteiger partial charge in [-0.3, -0.25) is 4.79 Å². The molecule has 0 fully saturated rings. The summed E-state index contributed by atoms with van der Waals surface area (Å²) in [5.41, 5.74) is 1.22. The van der Waals surface area contributed by atoms with Crippen LogP contribution in [0.1, 0.15) is 11.3 Å². The topological polar surface area (TPSA) is 74.0 Å². The van der Waals surface area contributed by atoms with Gasteiger partial charge in [-0.25, -0.2) is 4.98 Å². The Labute approximate surface area is 85.6 Å². The van der Waals surface area contributed by atoms with Crippen molar-refractivity contribution >= 4 is 17.7 Å². The molecule has 14 heavy (non-hydrogen) atoms. The van der Waals surface area contributed by atoms with Crippen LogP contribution in [0.2, 0.25) is 0 Å². The van der Waals surface area contributed by atoms with Crippen LogP contribution < -0.4 is 0 Å². The predicted octanol–water partition coefficient (Wildman–Crippen LogP) is 1.44. The van der Waals surface area contributed by atoms with Gasteiger partial charge in [0.1, 0.15) is 0 Å². The summed E-state index contributed by atoms with van der Waals surface area (Å²) in [6.07, 6.45) is 0. The third-order valence-electron chi connectivity index (χ3n) is 1.40. The van der Waals surface area contributed by atoms with Crippen LogP contribution in [0.15, 0.2) is 17.2 Å². The maximum atomic E-state index is 10.3. The van der Waals surface area contributed by atoms with E-state index >= 15 is 0 Å². The molecule has 0 unspecified atom stereocenters. The molecule has 5 heteroatoms. The molecule has 0 amide bonds. The van der Waals surface area contributed by atoms with Gasteiger partial charge in [0.2, 0.25) is 0 Å². The predicted molar refractivity (Wildman–Crippen MR) is 52.0 cm³/mol. The molecule has 1 aromatic heterocycles. The highest BCUT2D eigenvalue weighted by Crippen LogP contribution is 2.17. The van der Waals surface area contributed by atoms with Gasteiger partial charge in [-0.15, -0.1) is 0 Å². The van der Waals surface area contributed by atoms with Crippen molar-refractivity contribution in [2.45, 2.75) is 11.9 Å². The molecule has 0 bridgehead atoms. The van der Waals surface area contributed by atoms with E-state index < -0.39 is 5.97 Å². The monoisotopic (exact) mass is 208 g/mol. The molecule has 0 aliphatic carbocycles. The van der Waals surface area contributed by atoms with Gasteiger partial charge in [-0.2, -0.15) is 5.26 Å². The van der Waals surface area contributed by atoms with Crippen LogP contribution in [0.5, 0.6) is 0 Å². The Morgan fingerprint density at radius 2 is 2.43 bits per heavy atom. The van der Waals surface area contributed by atoms with Gasteiger partial charge in [0.25, 0.3) is 0 Å². The Bertz CT molecular complexity index is 398. The van der Waals surface area contributed by atoms with E-state index in [0.29, 0.717) is 10.6 Å². The van der Waals surface area contributed by atoms with Crippen molar-refractivity contribution in [1.29, 1.82) is 5.26 Å². The highest BCUT2D eigenvalue weighted by molar-refractivity contribution is 7.99. The number of nitriles is 1. The van der Waals surface area contributed by atoms with Crippen LogP contribution >= 0.6 is 11.8 Å². The molecule has 1 aromatic rings. The number of carbonyl (C=O) groups is 1. The average Bonchev–Trinajstić information content (AvgIpc) is 2.14. The van der Waals surface area contributed by atoms with Gasteiger partial charge in [-0.1, -0.05) is 11.8 Å². The molecule has 0 spiro atoms. The molecule has 4 nitrogen and oxygen atoms in total. The van der Waals surface area contributed by atoms with E-state index in [0.717, 1.165) is 17.5 Å². The number of aromatic nitrogens is 1. The summed E-state index contributed by atoms with van der Waals surface area (Å²) >= 11 is 1.11. The lowest BCUT2D eigenvalue weighted by Crippen LogP contribution is -1.98. The Morgan fingerprint density at radius 1 is 1.71 bits per heavy atom. The minimum atomic E-state index is -0.892. The zero-order valence-electron chi connectivity index (χ0n) is 7.52. The van der Waals surface area contributed by atoms with Gasteiger partial charge in [0.05, 0.1) is 22.4 Å². The van der Waals surface area contributed by atoms with Crippen molar-refractivity contribution in [3.8, 4) is 6.07 Å². The summed E-state index contributed by atoms with van der Waals surface area (Å²) in [6.45, 7) is 1.77. The Kier molecular flexibility index (Phi) is 3.48. The number of pyridine rings is 1. The lowest BCUT2D eigenvalue weighted by Gasteiger charge is -2.00. The zero-order valence-corrected chi connectivity index (χ0v) is 8.34. The van der Waals surface area contributed by atoms with Crippen molar-refractivity contribution in [2.24, 2.45) is 0 Å². The number of thioether (sulfide) groups is 1. The zero-order chi connectivity index (χ0) is 10.6. The molecule has 0 atom stereocenters. The normalized spacial score (nSPS) is 9.43. The minimum absolute atomic E-state index is 0.0404. The maximum Gasteiger partial charge on any atom is 0.313 e. The van der Waals surface area contributed by atoms with E-state index in [9.17, 15) is 4.79 Å². The number of nitrogens with zero attached hydrogens (tertiary/aromatic N) is 2. The summed E-state index contributed by atoms with van der Waals surface area (Å²) in [6, 6.07) is 5.24. The number of carboxylic acid groups (broad SMARTS) is 1. The third kappa shape index (κ3) is 3.07. The van der Waals surface area contributed by atoms with E-state index in [1.807, 2.05) is 6.07 Å². The standard InChI is InChI=1S/C9H8N2O2S/c1-6-2-7(4-10)3-8(11-6)14-5-9(12)13/h2-3H,5H2,1H3,(H,12,13). The smallest absolute Gasteiger partial charge is 0.313 e. The molecular formula is C9H8N2O2S. The van der Waals surface area contributed by atoms with E-state index in [-0.39, 0.29) is 5.75 Å². The first-order valence-electron chi connectivity index (χ1n) is 3.85. The SMILES string of the molecule is Cc1cc(C#N)cc(SCC(=O)O)n1. The van der Waals surface area contributed by atoms with E-state index in [4.69, 9.17) is 10.4 Å². The molecule has 0 aliphatic heterocycles. The largest absolute Gasteiger partial charge is 0.481 e. The van der Waals surface area contributed by atoms with E-state index in [1.54, 1.807) is 19.1 Å². The summed E-state index contributed by atoms with van der Waals surface area (Å²) in [5.74, 6) is -0.932.